The molecule has 2 aromatic carbocycles. The Morgan fingerprint density at radius 3 is 2.09 bits per heavy atom. The fourth-order valence-corrected chi connectivity index (χ4v) is 3.38. The molecule has 0 N–H and O–H groups in total. The van der Waals surface area contributed by atoms with Gasteiger partial charge in [-0.2, -0.15) is 0 Å². The molecule has 0 atom stereocenters. The lowest BCUT2D eigenvalue weighted by atomic mass is 10.0. The normalized spacial score (nSPS) is 10.9. The van der Waals surface area contributed by atoms with Crippen molar-refractivity contribution in [2.45, 2.75) is 20.3 Å². The van der Waals surface area contributed by atoms with Crippen molar-refractivity contribution in [3.8, 4) is 21.6 Å². The Morgan fingerprint density at radius 1 is 0.818 bits per heavy atom. The van der Waals surface area contributed by atoms with E-state index >= 15 is 0 Å². The van der Waals surface area contributed by atoms with Gasteiger partial charge in [-0.15, -0.1) is 11.3 Å². The highest BCUT2D eigenvalue weighted by atomic mass is 32.1. The smallest absolute Gasteiger partial charge is 0.168 e. The first-order chi connectivity index (χ1) is 10.6. The predicted octanol–water partition coefficient (Wildman–Crippen LogP) is 6.23. The van der Waals surface area contributed by atoms with Crippen LogP contribution in [0.25, 0.3) is 21.6 Å². The molecule has 22 heavy (non-hydrogen) atoms. The van der Waals surface area contributed by atoms with Crippen LogP contribution in [0, 0.1) is 18.6 Å². The van der Waals surface area contributed by atoms with Gasteiger partial charge in [-0.05, 0) is 37.1 Å². The summed E-state index contributed by atoms with van der Waals surface area (Å²) in [7, 11) is 0. The van der Waals surface area contributed by atoms with Crippen LogP contribution in [-0.2, 0) is 6.42 Å². The Hall–Kier alpha value is -2.00. The number of hydrogen-bond donors (Lipinski definition) is 0. The Labute approximate surface area is 133 Å². The van der Waals surface area contributed by atoms with E-state index in [1.807, 2.05) is 50.2 Å². The summed E-state index contributed by atoms with van der Waals surface area (Å²) < 4.78 is 28.9. The molecular weight excluding hydrogens is 298 g/mol. The SMILES string of the molecule is CCc1ccc(-c2ccc(-c3ccc(C)cc3)c(F)c2F)s1. The third-order valence-corrected chi connectivity index (χ3v) is 4.98. The first-order valence-corrected chi connectivity index (χ1v) is 8.06. The number of aryl methyl sites for hydroxylation is 2. The van der Waals surface area contributed by atoms with Gasteiger partial charge < -0.3 is 0 Å². The lowest BCUT2D eigenvalue weighted by molar-refractivity contribution is 0.514. The van der Waals surface area contributed by atoms with E-state index in [1.54, 1.807) is 12.1 Å². The predicted molar refractivity (Wildman–Crippen MR) is 89.2 cm³/mol. The summed E-state index contributed by atoms with van der Waals surface area (Å²) in [5.41, 5.74) is 2.41. The molecule has 0 unspecified atom stereocenters. The monoisotopic (exact) mass is 314 g/mol. The summed E-state index contributed by atoms with van der Waals surface area (Å²) in [4.78, 5) is 1.93. The quantitative estimate of drug-likeness (QED) is 0.537. The van der Waals surface area contributed by atoms with E-state index in [0.29, 0.717) is 16.7 Å². The van der Waals surface area contributed by atoms with E-state index in [1.165, 1.54) is 11.3 Å². The maximum atomic E-state index is 14.5. The summed E-state index contributed by atoms with van der Waals surface area (Å²) in [6, 6.07) is 14.6. The van der Waals surface area contributed by atoms with E-state index in [2.05, 4.69) is 0 Å². The van der Waals surface area contributed by atoms with Gasteiger partial charge in [-0.1, -0.05) is 42.8 Å². The summed E-state index contributed by atoms with van der Waals surface area (Å²) in [5.74, 6) is -1.56. The van der Waals surface area contributed by atoms with Crippen molar-refractivity contribution in [1.29, 1.82) is 0 Å². The molecule has 1 heterocycles. The average molecular weight is 314 g/mol. The van der Waals surface area contributed by atoms with Crippen LogP contribution in [-0.4, -0.2) is 0 Å². The highest BCUT2D eigenvalue weighted by Crippen LogP contribution is 2.35. The van der Waals surface area contributed by atoms with Crippen LogP contribution in [0.5, 0.6) is 0 Å². The van der Waals surface area contributed by atoms with Crippen LogP contribution < -0.4 is 0 Å². The van der Waals surface area contributed by atoms with Crippen molar-refractivity contribution in [3.63, 3.8) is 0 Å². The Kier molecular flexibility index (Phi) is 4.08. The maximum Gasteiger partial charge on any atom is 0.168 e. The second kappa shape index (κ2) is 6.01. The molecule has 112 valence electrons. The van der Waals surface area contributed by atoms with Crippen LogP contribution >= 0.6 is 11.3 Å². The molecular formula is C19H16F2S. The third kappa shape index (κ3) is 2.69. The first kappa shape index (κ1) is 14.9. The van der Waals surface area contributed by atoms with Crippen LogP contribution in [0.3, 0.4) is 0 Å². The van der Waals surface area contributed by atoms with Gasteiger partial charge in [-0.3, -0.25) is 0 Å². The molecule has 0 saturated carbocycles. The van der Waals surface area contributed by atoms with Gasteiger partial charge in [0.25, 0.3) is 0 Å². The zero-order valence-corrected chi connectivity index (χ0v) is 13.3. The number of halogens is 2. The molecule has 0 aliphatic rings. The van der Waals surface area contributed by atoms with Crippen molar-refractivity contribution in [2.75, 3.05) is 0 Å². The molecule has 0 nitrogen and oxygen atoms in total. The van der Waals surface area contributed by atoms with Gasteiger partial charge in [0.2, 0.25) is 0 Å². The van der Waals surface area contributed by atoms with E-state index in [0.717, 1.165) is 21.7 Å². The Balaban J connectivity index is 2.06. The molecule has 3 rings (SSSR count). The molecule has 0 radical (unpaired) electrons. The minimum absolute atomic E-state index is 0.300. The zero-order chi connectivity index (χ0) is 15.7. The first-order valence-electron chi connectivity index (χ1n) is 7.24. The minimum atomic E-state index is -0.784. The maximum absolute atomic E-state index is 14.5. The fraction of sp³-hybridized carbons (Fsp3) is 0.158. The molecule has 0 fully saturated rings. The largest absolute Gasteiger partial charge is 0.203 e. The highest BCUT2D eigenvalue weighted by molar-refractivity contribution is 7.15. The van der Waals surface area contributed by atoms with Crippen LogP contribution in [0.2, 0.25) is 0 Å². The van der Waals surface area contributed by atoms with Crippen molar-refractivity contribution < 1.29 is 8.78 Å². The van der Waals surface area contributed by atoms with Crippen LogP contribution in [0.1, 0.15) is 17.4 Å². The van der Waals surface area contributed by atoms with E-state index in [9.17, 15) is 8.78 Å². The van der Waals surface area contributed by atoms with E-state index in [-0.39, 0.29) is 0 Å². The molecule has 0 spiro atoms. The van der Waals surface area contributed by atoms with Gasteiger partial charge >= 0.3 is 0 Å². The molecule has 1 aromatic heterocycles. The minimum Gasteiger partial charge on any atom is -0.203 e. The number of benzene rings is 2. The molecule has 0 saturated heterocycles. The van der Waals surface area contributed by atoms with Crippen LogP contribution in [0.4, 0.5) is 8.78 Å². The number of rotatable bonds is 3. The average Bonchev–Trinajstić information content (AvgIpc) is 3.00. The van der Waals surface area contributed by atoms with Crippen molar-refractivity contribution >= 4 is 11.3 Å². The van der Waals surface area contributed by atoms with Gasteiger partial charge in [-0.25, -0.2) is 8.78 Å². The van der Waals surface area contributed by atoms with E-state index < -0.39 is 11.6 Å². The Morgan fingerprint density at radius 2 is 1.45 bits per heavy atom. The van der Waals surface area contributed by atoms with Gasteiger partial charge in [0.15, 0.2) is 11.6 Å². The van der Waals surface area contributed by atoms with Gasteiger partial charge in [0.05, 0.1) is 0 Å². The number of thiophene rings is 1. The highest BCUT2D eigenvalue weighted by Gasteiger charge is 2.16. The summed E-state index contributed by atoms with van der Waals surface area (Å²) >= 11 is 1.51. The second-order valence-electron chi connectivity index (χ2n) is 5.27. The molecule has 3 heteroatoms. The Bertz CT molecular complexity index is 801. The molecule has 3 aromatic rings. The lowest BCUT2D eigenvalue weighted by Gasteiger charge is -2.08. The molecule has 0 amide bonds. The van der Waals surface area contributed by atoms with Gasteiger partial charge in [0, 0.05) is 20.9 Å². The number of hydrogen-bond acceptors (Lipinski definition) is 1. The molecule has 0 aliphatic heterocycles. The topological polar surface area (TPSA) is 0 Å². The molecule has 0 aliphatic carbocycles. The van der Waals surface area contributed by atoms with Crippen molar-refractivity contribution in [1.82, 2.24) is 0 Å². The third-order valence-electron chi connectivity index (χ3n) is 3.72. The molecule has 0 bridgehead atoms. The summed E-state index contributed by atoms with van der Waals surface area (Å²) in [5, 5.41) is 0. The van der Waals surface area contributed by atoms with E-state index in [4.69, 9.17) is 0 Å². The fourth-order valence-electron chi connectivity index (χ4n) is 2.41. The van der Waals surface area contributed by atoms with Crippen molar-refractivity contribution in [3.05, 3.63) is 70.6 Å². The second-order valence-corrected chi connectivity index (χ2v) is 6.44. The lowest BCUT2D eigenvalue weighted by Crippen LogP contribution is -1.93. The van der Waals surface area contributed by atoms with Gasteiger partial charge in [0.1, 0.15) is 0 Å². The zero-order valence-electron chi connectivity index (χ0n) is 12.5. The van der Waals surface area contributed by atoms with Crippen molar-refractivity contribution in [2.24, 2.45) is 0 Å². The van der Waals surface area contributed by atoms with Crippen LogP contribution in [0.15, 0.2) is 48.5 Å². The standard InChI is InChI=1S/C19H16F2S/c1-3-14-8-11-17(22-14)16-10-9-15(18(20)19(16)21)13-6-4-12(2)5-7-13/h4-11H,3H2,1-2H3. The summed E-state index contributed by atoms with van der Waals surface area (Å²) in [6.45, 7) is 4.01. The summed E-state index contributed by atoms with van der Waals surface area (Å²) in [6.07, 6.45) is 0.899.